The Bertz CT molecular complexity index is 951. The molecule has 1 amide bonds. The molecule has 4 nitrogen and oxygen atoms in total. The van der Waals surface area contributed by atoms with Gasteiger partial charge in [0.2, 0.25) is 0 Å². The molecule has 1 atom stereocenters. The molecule has 0 aromatic heterocycles. The number of nitrogens with one attached hydrogen (secondary N) is 1. The molecule has 3 rings (SSSR count). The second kappa shape index (κ2) is 9.97. The Hall–Kier alpha value is -3.01. The molecule has 0 saturated heterocycles. The largest absolute Gasteiger partial charge is 0.491 e. The number of carbonyl (C=O) groups excluding carboxylic acids is 1. The average molecular weight is 392 g/mol. The van der Waals surface area contributed by atoms with Gasteiger partial charge in [-0.1, -0.05) is 42.5 Å². The highest BCUT2D eigenvalue weighted by Gasteiger charge is 2.14. The van der Waals surface area contributed by atoms with Crippen LogP contribution in [0.15, 0.2) is 66.7 Å². The fourth-order valence-corrected chi connectivity index (χ4v) is 3.19. The first kappa shape index (κ1) is 20.7. The number of rotatable bonds is 9. The number of amides is 1. The van der Waals surface area contributed by atoms with Crippen LogP contribution in [0.1, 0.15) is 32.8 Å². The molecule has 0 aliphatic carbocycles. The van der Waals surface area contributed by atoms with E-state index in [-0.39, 0.29) is 12.0 Å². The number of ether oxygens (including phenoxy) is 2. The lowest BCUT2D eigenvalue weighted by atomic mass is 10.1. The molecular formula is C25H29NO3. The maximum absolute atomic E-state index is 12.3. The highest BCUT2D eigenvalue weighted by atomic mass is 16.5. The summed E-state index contributed by atoms with van der Waals surface area (Å²) in [7, 11) is 0. The molecule has 0 saturated carbocycles. The van der Waals surface area contributed by atoms with Gasteiger partial charge in [-0.25, -0.2) is 0 Å². The van der Waals surface area contributed by atoms with E-state index in [1.807, 2.05) is 62.4 Å². The fraction of sp³-hybridized carbons (Fsp3) is 0.320. The maximum atomic E-state index is 12.3. The highest BCUT2D eigenvalue weighted by molar-refractivity contribution is 5.84. The van der Waals surface area contributed by atoms with Crippen molar-refractivity contribution in [2.45, 2.75) is 45.8 Å². The molecule has 0 aliphatic rings. The molecule has 3 aromatic carbocycles. The third kappa shape index (κ3) is 6.24. The van der Waals surface area contributed by atoms with Crippen molar-refractivity contribution in [2.24, 2.45) is 0 Å². The van der Waals surface area contributed by atoms with Crippen LogP contribution in [0.25, 0.3) is 10.8 Å². The van der Waals surface area contributed by atoms with Gasteiger partial charge in [-0.3, -0.25) is 4.79 Å². The minimum atomic E-state index is -0.543. The zero-order chi connectivity index (χ0) is 20.6. The Balaban J connectivity index is 1.44. The van der Waals surface area contributed by atoms with Gasteiger partial charge in [0.25, 0.3) is 5.91 Å². The first-order chi connectivity index (χ1) is 14.0. The van der Waals surface area contributed by atoms with Gasteiger partial charge in [-0.2, -0.15) is 0 Å². The predicted molar refractivity (Wildman–Crippen MR) is 118 cm³/mol. The molecule has 3 aromatic rings. The van der Waals surface area contributed by atoms with E-state index < -0.39 is 6.10 Å². The normalized spacial score (nSPS) is 12.0. The van der Waals surface area contributed by atoms with Gasteiger partial charge in [0, 0.05) is 6.54 Å². The van der Waals surface area contributed by atoms with Crippen molar-refractivity contribution in [3.8, 4) is 11.5 Å². The van der Waals surface area contributed by atoms with Gasteiger partial charge in [0.05, 0.1) is 6.10 Å². The topological polar surface area (TPSA) is 47.6 Å². The van der Waals surface area contributed by atoms with Gasteiger partial charge >= 0.3 is 0 Å². The Labute approximate surface area is 172 Å². The average Bonchev–Trinajstić information content (AvgIpc) is 2.70. The highest BCUT2D eigenvalue weighted by Crippen LogP contribution is 2.21. The van der Waals surface area contributed by atoms with Crippen LogP contribution < -0.4 is 14.8 Å². The van der Waals surface area contributed by atoms with E-state index in [1.54, 1.807) is 6.92 Å². The number of fused-ring (bicyclic) bond motifs is 1. The molecule has 0 heterocycles. The molecule has 1 N–H and O–H groups in total. The van der Waals surface area contributed by atoms with Crippen LogP contribution in [-0.4, -0.2) is 24.7 Å². The van der Waals surface area contributed by atoms with Gasteiger partial charge < -0.3 is 14.8 Å². The van der Waals surface area contributed by atoms with Crippen molar-refractivity contribution in [1.29, 1.82) is 0 Å². The van der Waals surface area contributed by atoms with Crippen LogP contribution in [0.4, 0.5) is 0 Å². The third-order valence-corrected chi connectivity index (χ3v) is 4.61. The van der Waals surface area contributed by atoms with Gasteiger partial charge in [-0.05, 0) is 74.2 Å². The van der Waals surface area contributed by atoms with Gasteiger partial charge in [-0.15, -0.1) is 0 Å². The number of hydrogen-bond donors (Lipinski definition) is 1. The van der Waals surface area contributed by atoms with E-state index >= 15 is 0 Å². The molecule has 0 fully saturated rings. The molecule has 0 spiro atoms. The van der Waals surface area contributed by atoms with E-state index in [0.29, 0.717) is 12.3 Å². The van der Waals surface area contributed by atoms with Crippen molar-refractivity contribution in [3.05, 3.63) is 72.3 Å². The second-order valence-corrected chi connectivity index (χ2v) is 7.48. The molecule has 0 aliphatic heterocycles. The Morgan fingerprint density at radius 3 is 2.41 bits per heavy atom. The van der Waals surface area contributed by atoms with E-state index in [4.69, 9.17) is 9.47 Å². The summed E-state index contributed by atoms with van der Waals surface area (Å²) in [6.45, 7) is 6.42. The van der Waals surface area contributed by atoms with E-state index in [1.165, 1.54) is 5.56 Å². The Morgan fingerprint density at radius 1 is 0.862 bits per heavy atom. The Kier molecular flexibility index (Phi) is 7.12. The van der Waals surface area contributed by atoms with Crippen molar-refractivity contribution >= 4 is 16.7 Å². The molecule has 0 bridgehead atoms. The van der Waals surface area contributed by atoms with Crippen molar-refractivity contribution < 1.29 is 14.3 Å². The summed E-state index contributed by atoms with van der Waals surface area (Å²) in [5.41, 5.74) is 1.21. The molecule has 0 unspecified atom stereocenters. The summed E-state index contributed by atoms with van der Waals surface area (Å²) in [6, 6.07) is 22.1. The smallest absolute Gasteiger partial charge is 0.260 e. The summed E-state index contributed by atoms with van der Waals surface area (Å²) < 4.78 is 11.6. The van der Waals surface area contributed by atoms with E-state index in [2.05, 4.69) is 23.5 Å². The number of benzene rings is 3. The summed E-state index contributed by atoms with van der Waals surface area (Å²) in [4.78, 5) is 12.3. The zero-order valence-corrected chi connectivity index (χ0v) is 17.4. The van der Waals surface area contributed by atoms with E-state index in [9.17, 15) is 4.79 Å². The molecule has 29 heavy (non-hydrogen) atoms. The van der Waals surface area contributed by atoms with E-state index in [0.717, 1.165) is 29.4 Å². The maximum Gasteiger partial charge on any atom is 0.260 e. The Morgan fingerprint density at radius 2 is 1.62 bits per heavy atom. The summed E-state index contributed by atoms with van der Waals surface area (Å²) in [6.07, 6.45) is 1.36. The standard InChI is InChI=1S/C25H29NO3/c1-18(2)28-23-12-6-8-20(16-23)9-7-15-26-25(27)19(3)29-24-14-13-21-10-4-5-11-22(21)17-24/h4-6,8,10-14,16-19H,7,9,15H2,1-3H3,(H,26,27)/t19-/m0/s1. The van der Waals surface area contributed by atoms with Crippen LogP contribution in [0.5, 0.6) is 11.5 Å². The number of carbonyl (C=O) groups is 1. The first-order valence-electron chi connectivity index (χ1n) is 10.2. The monoisotopic (exact) mass is 391 g/mol. The minimum absolute atomic E-state index is 0.102. The number of aryl methyl sites for hydroxylation is 1. The second-order valence-electron chi connectivity index (χ2n) is 7.48. The van der Waals surface area contributed by atoms with Gasteiger partial charge in [0.15, 0.2) is 6.10 Å². The van der Waals surface area contributed by atoms with Crippen LogP contribution in [0, 0.1) is 0 Å². The molecule has 0 radical (unpaired) electrons. The molecular weight excluding hydrogens is 362 g/mol. The third-order valence-electron chi connectivity index (χ3n) is 4.61. The summed E-state index contributed by atoms with van der Waals surface area (Å²) in [5.74, 6) is 1.49. The predicted octanol–water partition coefficient (Wildman–Crippen LogP) is 5.14. The minimum Gasteiger partial charge on any atom is -0.491 e. The summed E-state index contributed by atoms with van der Waals surface area (Å²) >= 11 is 0. The quantitative estimate of drug-likeness (QED) is 0.514. The first-order valence-corrected chi connectivity index (χ1v) is 10.2. The molecule has 4 heteroatoms. The van der Waals surface area contributed by atoms with Crippen molar-refractivity contribution in [1.82, 2.24) is 5.32 Å². The molecule has 152 valence electrons. The zero-order valence-electron chi connectivity index (χ0n) is 17.4. The van der Waals surface area contributed by atoms with Crippen molar-refractivity contribution in [3.63, 3.8) is 0 Å². The van der Waals surface area contributed by atoms with Crippen molar-refractivity contribution in [2.75, 3.05) is 6.54 Å². The van der Waals surface area contributed by atoms with Crippen LogP contribution in [-0.2, 0) is 11.2 Å². The van der Waals surface area contributed by atoms with Crippen LogP contribution >= 0.6 is 0 Å². The van der Waals surface area contributed by atoms with Crippen LogP contribution in [0.3, 0.4) is 0 Å². The lowest BCUT2D eigenvalue weighted by Crippen LogP contribution is -2.36. The fourth-order valence-electron chi connectivity index (χ4n) is 3.19. The SMILES string of the molecule is CC(C)Oc1cccc(CCCNC(=O)[C@H](C)Oc2ccc3ccccc3c2)c1. The lowest BCUT2D eigenvalue weighted by Gasteiger charge is -2.15. The lowest BCUT2D eigenvalue weighted by molar-refractivity contribution is -0.127. The van der Waals surface area contributed by atoms with Crippen LogP contribution in [0.2, 0.25) is 0 Å². The summed E-state index contributed by atoms with van der Waals surface area (Å²) in [5, 5.41) is 5.21. The number of hydrogen-bond acceptors (Lipinski definition) is 3. The van der Waals surface area contributed by atoms with Gasteiger partial charge in [0.1, 0.15) is 11.5 Å².